The second-order valence-electron chi connectivity index (χ2n) is 7.54. The van der Waals surface area contributed by atoms with Gasteiger partial charge >= 0.3 is 0 Å². The Morgan fingerprint density at radius 3 is 2.87 bits per heavy atom. The van der Waals surface area contributed by atoms with Crippen molar-refractivity contribution in [2.45, 2.75) is 51.3 Å². The van der Waals surface area contributed by atoms with E-state index in [9.17, 15) is 4.79 Å². The van der Waals surface area contributed by atoms with E-state index in [4.69, 9.17) is 4.74 Å². The summed E-state index contributed by atoms with van der Waals surface area (Å²) in [5.41, 5.74) is 2.98. The molecule has 0 bridgehead atoms. The van der Waals surface area contributed by atoms with Crippen molar-refractivity contribution in [3.8, 4) is 0 Å². The van der Waals surface area contributed by atoms with Crippen molar-refractivity contribution in [1.82, 2.24) is 10.2 Å². The summed E-state index contributed by atoms with van der Waals surface area (Å²) in [4.78, 5) is 15.1. The van der Waals surface area contributed by atoms with E-state index in [0.29, 0.717) is 12.1 Å². The van der Waals surface area contributed by atoms with Gasteiger partial charge in [0.05, 0.1) is 12.7 Å². The molecule has 2 saturated heterocycles. The van der Waals surface area contributed by atoms with Crippen LogP contribution in [0.5, 0.6) is 0 Å². The Kier molecular flexibility index (Phi) is 3.90. The van der Waals surface area contributed by atoms with Gasteiger partial charge in [-0.2, -0.15) is 0 Å². The predicted octanol–water partition coefficient (Wildman–Crippen LogP) is 2.28. The summed E-state index contributed by atoms with van der Waals surface area (Å²) >= 11 is 0. The number of carbonyl (C=O) groups excluding carboxylic acids is 1. The Hall–Kier alpha value is -1.39. The van der Waals surface area contributed by atoms with Crippen LogP contribution in [0.1, 0.15) is 40.7 Å². The molecule has 4 nitrogen and oxygen atoms in total. The highest BCUT2D eigenvalue weighted by molar-refractivity contribution is 5.96. The number of aryl methyl sites for hydroxylation is 2. The van der Waals surface area contributed by atoms with E-state index < -0.39 is 0 Å². The number of morpholine rings is 1. The summed E-state index contributed by atoms with van der Waals surface area (Å²) in [6.07, 6.45) is 4.10. The van der Waals surface area contributed by atoms with Crippen LogP contribution in [-0.4, -0.2) is 48.7 Å². The minimum Gasteiger partial charge on any atom is -0.375 e. The maximum absolute atomic E-state index is 12.6. The molecule has 2 heterocycles. The van der Waals surface area contributed by atoms with E-state index in [1.165, 1.54) is 12.8 Å². The van der Waals surface area contributed by atoms with Crippen LogP contribution in [0.2, 0.25) is 0 Å². The van der Waals surface area contributed by atoms with Gasteiger partial charge < -0.3 is 10.1 Å². The zero-order valence-corrected chi connectivity index (χ0v) is 14.0. The highest BCUT2D eigenvalue weighted by Gasteiger charge is 2.42. The fourth-order valence-electron chi connectivity index (χ4n) is 4.00. The van der Waals surface area contributed by atoms with Crippen LogP contribution < -0.4 is 5.32 Å². The average Bonchev–Trinajstić information content (AvgIpc) is 3.30. The molecule has 4 heteroatoms. The van der Waals surface area contributed by atoms with Crippen LogP contribution in [0.3, 0.4) is 0 Å². The van der Waals surface area contributed by atoms with Crippen LogP contribution in [0.4, 0.5) is 0 Å². The van der Waals surface area contributed by atoms with Crippen LogP contribution in [0.15, 0.2) is 18.2 Å². The van der Waals surface area contributed by atoms with Crippen molar-refractivity contribution < 1.29 is 9.53 Å². The van der Waals surface area contributed by atoms with E-state index in [0.717, 1.165) is 48.7 Å². The molecule has 1 aromatic carbocycles. The molecule has 1 aliphatic carbocycles. The van der Waals surface area contributed by atoms with Gasteiger partial charge in [-0.05, 0) is 50.7 Å². The Bertz CT molecular complexity index is 611. The third kappa shape index (κ3) is 3.15. The molecular weight excluding hydrogens is 288 g/mol. The van der Waals surface area contributed by atoms with Crippen molar-refractivity contribution in [3.63, 3.8) is 0 Å². The number of carbonyl (C=O) groups is 1. The normalized spacial score (nSPS) is 31.0. The Balaban J connectivity index is 1.38. The molecule has 0 spiro atoms. The monoisotopic (exact) mass is 314 g/mol. The first-order chi connectivity index (χ1) is 11.1. The number of hydrogen-bond acceptors (Lipinski definition) is 3. The summed E-state index contributed by atoms with van der Waals surface area (Å²) in [5, 5.41) is 3.24. The zero-order chi connectivity index (χ0) is 16.0. The van der Waals surface area contributed by atoms with E-state index in [-0.39, 0.29) is 11.9 Å². The fraction of sp³-hybridized carbons (Fsp3) is 0.632. The molecule has 0 aromatic heterocycles. The van der Waals surface area contributed by atoms with Gasteiger partial charge in [0.2, 0.25) is 0 Å². The highest BCUT2D eigenvalue weighted by Crippen LogP contribution is 2.37. The molecule has 1 saturated carbocycles. The van der Waals surface area contributed by atoms with Gasteiger partial charge in [-0.1, -0.05) is 17.7 Å². The van der Waals surface area contributed by atoms with Gasteiger partial charge in [-0.3, -0.25) is 9.69 Å². The number of amides is 1. The van der Waals surface area contributed by atoms with Gasteiger partial charge in [-0.15, -0.1) is 0 Å². The second kappa shape index (κ2) is 5.91. The Morgan fingerprint density at radius 1 is 1.26 bits per heavy atom. The average molecular weight is 314 g/mol. The standard InChI is InChI=1S/C19H26N2O2/c1-12-3-4-13(2)17(7-12)19(22)20-15-8-16-11-23-18(14-5-6-14)10-21(16)9-15/h3-4,7,14-16,18H,5-6,8-11H2,1-2H3,(H,20,22)/t15-,16-,18+/m0/s1. The van der Waals surface area contributed by atoms with Gasteiger partial charge in [0, 0.05) is 30.7 Å². The van der Waals surface area contributed by atoms with Gasteiger partial charge in [0.25, 0.3) is 5.91 Å². The van der Waals surface area contributed by atoms with E-state index in [1.54, 1.807) is 0 Å². The molecular formula is C19H26N2O2. The number of ether oxygens (including phenoxy) is 1. The lowest BCUT2D eigenvalue weighted by atomic mass is 10.0. The van der Waals surface area contributed by atoms with Gasteiger partial charge in [0.15, 0.2) is 0 Å². The van der Waals surface area contributed by atoms with Crippen LogP contribution in [0, 0.1) is 19.8 Å². The van der Waals surface area contributed by atoms with E-state index >= 15 is 0 Å². The lowest BCUT2D eigenvalue weighted by molar-refractivity contribution is -0.0581. The summed E-state index contributed by atoms with van der Waals surface area (Å²) in [5.74, 6) is 0.857. The lowest BCUT2D eigenvalue weighted by Gasteiger charge is -2.35. The molecule has 1 amide bonds. The topological polar surface area (TPSA) is 41.6 Å². The summed E-state index contributed by atoms with van der Waals surface area (Å²) in [6.45, 7) is 6.87. The van der Waals surface area contributed by atoms with Crippen molar-refractivity contribution in [3.05, 3.63) is 34.9 Å². The molecule has 1 N–H and O–H groups in total. The summed E-state index contributed by atoms with van der Waals surface area (Å²) in [7, 11) is 0. The molecule has 4 rings (SSSR count). The van der Waals surface area contributed by atoms with E-state index in [1.807, 2.05) is 26.0 Å². The molecule has 3 fully saturated rings. The molecule has 3 atom stereocenters. The number of nitrogens with one attached hydrogen (secondary N) is 1. The second-order valence-corrected chi connectivity index (χ2v) is 7.54. The SMILES string of the molecule is Cc1ccc(C)c(C(=O)N[C@H]2C[C@H]3CO[C@@H](C4CC4)CN3C2)c1. The first-order valence-electron chi connectivity index (χ1n) is 8.84. The predicted molar refractivity (Wildman–Crippen MR) is 89.6 cm³/mol. The first kappa shape index (κ1) is 15.2. The van der Waals surface area contributed by atoms with E-state index in [2.05, 4.69) is 16.3 Å². The van der Waals surface area contributed by atoms with Crippen molar-refractivity contribution >= 4 is 5.91 Å². The smallest absolute Gasteiger partial charge is 0.251 e. The number of fused-ring (bicyclic) bond motifs is 1. The van der Waals surface area contributed by atoms with Crippen molar-refractivity contribution in [2.75, 3.05) is 19.7 Å². The molecule has 0 unspecified atom stereocenters. The summed E-state index contributed by atoms with van der Waals surface area (Å²) < 4.78 is 6.03. The molecule has 3 aliphatic rings. The molecule has 1 aromatic rings. The van der Waals surface area contributed by atoms with Crippen LogP contribution in [-0.2, 0) is 4.74 Å². The summed E-state index contributed by atoms with van der Waals surface area (Å²) in [6, 6.07) is 6.79. The van der Waals surface area contributed by atoms with Gasteiger partial charge in [-0.25, -0.2) is 0 Å². The van der Waals surface area contributed by atoms with Crippen molar-refractivity contribution in [1.29, 1.82) is 0 Å². The Labute approximate surface area is 138 Å². The molecule has 23 heavy (non-hydrogen) atoms. The lowest BCUT2D eigenvalue weighted by Crippen LogP contribution is -2.47. The maximum atomic E-state index is 12.6. The molecule has 2 aliphatic heterocycles. The highest BCUT2D eigenvalue weighted by atomic mass is 16.5. The van der Waals surface area contributed by atoms with Crippen LogP contribution in [0.25, 0.3) is 0 Å². The quantitative estimate of drug-likeness (QED) is 0.931. The fourth-order valence-corrected chi connectivity index (χ4v) is 4.00. The Morgan fingerprint density at radius 2 is 2.09 bits per heavy atom. The van der Waals surface area contributed by atoms with Crippen molar-refractivity contribution in [2.24, 2.45) is 5.92 Å². The number of benzene rings is 1. The van der Waals surface area contributed by atoms with Crippen LogP contribution >= 0.6 is 0 Å². The zero-order valence-electron chi connectivity index (χ0n) is 14.0. The largest absolute Gasteiger partial charge is 0.375 e. The minimum absolute atomic E-state index is 0.0655. The third-order valence-corrected chi connectivity index (χ3v) is 5.57. The molecule has 0 radical (unpaired) electrons. The number of hydrogen-bond donors (Lipinski definition) is 1. The third-order valence-electron chi connectivity index (χ3n) is 5.57. The maximum Gasteiger partial charge on any atom is 0.251 e. The number of rotatable bonds is 3. The molecule has 124 valence electrons. The first-order valence-corrected chi connectivity index (χ1v) is 8.84. The van der Waals surface area contributed by atoms with Gasteiger partial charge in [0.1, 0.15) is 0 Å². The minimum atomic E-state index is 0.0655. The number of nitrogens with zero attached hydrogens (tertiary/aromatic N) is 1.